The lowest BCUT2D eigenvalue weighted by atomic mass is 9.92. The van der Waals surface area contributed by atoms with Gasteiger partial charge in [-0.05, 0) is 38.1 Å². The van der Waals surface area contributed by atoms with Crippen LogP contribution in [0.15, 0.2) is 51.3 Å². The van der Waals surface area contributed by atoms with Crippen molar-refractivity contribution in [2.75, 3.05) is 13.2 Å². The number of carbonyl (C=O) groups is 1. The summed E-state index contributed by atoms with van der Waals surface area (Å²) in [5, 5.41) is 10.1. The van der Waals surface area contributed by atoms with Crippen LogP contribution in [0, 0.1) is 11.3 Å². The highest BCUT2D eigenvalue weighted by Gasteiger charge is 2.44. The van der Waals surface area contributed by atoms with Crippen LogP contribution >= 0.6 is 11.8 Å². The van der Waals surface area contributed by atoms with Gasteiger partial charge in [0, 0.05) is 5.56 Å². The van der Waals surface area contributed by atoms with E-state index in [-0.39, 0.29) is 12.4 Å². The Morgan fingerprint density at radius 1 is 1.31 bits per heavy atom. The van der Waals surface area contributed by atoms with E-state index in [9.17, 15) is 10.1 Å². The number of nitriles is 1. The Bertz CT molecular complexity index is 945. The number of rotatable bonds is 7. The first-order chi connectivity index (χ1) is 14.1. The lowest BCUT2D eigenvalue weighted by Gasteiger charge is -2.36. The normalized spacial score (nSPS) is 18.3. The molecule has 0 saturated carbocycles. The van der Waals surface area contributed by atoms with E-state index in [0.29, 0.717) is 40.1 Å². The van der Waals surface area contributed by atoms with Crippen LogP contribution in [0.4, 0.5) is 0 Å². The van der Waals surface area contributed by atoms with Crippen LogP contribution in [0.5, 0.6) is 5.75 Å². The van der Waals surface area contributed by atoms with Crippen LogP contribution in [0.2, 0.25) is 0 Å². The van der Waals surface area contributed by atoms with Gasteiger partial charge in [0.2, 0.25) is 0 Å². The number of para-hydroxylation sites is 1. The number of amidine groups is 1. The standard InChI is InChI=1S/C21H24N4O3S/c1-4-9-14-17(20(26)28-6-3)18(13-10-7-8-11-15(13)27-5-2)25-19(23)16(12-22)29-21(25)24-14/h7-8,10-11,18H,4-6,9,23H2,1-3H3/t18-/m1/s1. The van der Waals surface area contributed by atoms with Crippen molar-refractivity contribution in [3.8, 4) is 11.8 Å². The van der Waals surface area contributed by atoms with Crippen molar-refractivity contribution in [3.05, 3.63) is 51.8 Å². The molecule has 8 heteroatoms. The van der Waals surface area contributed by atoms with Crippen LogP contribution < -0.4 is 10.5 Å². The van der Waals surface area contributed by atoms with E-state index in [4.69, 9.17) is 15.2 Å². The fourth-order valence-electron chi connectivity index (χ4n) is 3.43. The molecule has 0 saturated heterocycles. The Labute approximate surface area is 174 Å². The zero-order chi connectivity index (χ0) is 21.0. The lowest BCUT2D eigenvalue weighted by Crippen LogP contribution is -2.39. The maximum atomic E-state index is 13.0. The predicted octanol–water partition coefficient (Wildman–Crippen LogP) is 3.81. The molecule has 7 nitrogen and oxygen atoms in total. The molecular weight excluding hydrogens is 388 g/mol. The maximum Gasteiger partial charge on any atom is 0.338 e. The second-order valence-electron chi connectivity index (χ2n) is 6.40. The molecule has 0 radical (unpaired) electrons. The molecule has 0 bridgehead atoms. The summed E-state index contributed by atoms with van der Waals surface area (Å²) in [6, 6.07) is 9.09. The molecular formula is C21H24N4O3S. The molecule has 2 heterocycles. The Kier molecular flexibility index (Phi) is 6.49. The Morgan fingerprint density at radius 2 is 2.07 bits per heavy atom. The minimum Gasteiger partial charge on any atom is -0.494 e. The van der Waals surface area contributed by atoms with Crippen molar-refractivity contribution >= 4 is 22.9 Å². The number of fused-ring (bicyclic) bond motifs is 1. The molecule has 0 aromatic heterocycles. The molecule has 2 N–H and O–H groups in total. The smallest absolute Gasteiger partial charge is 0.338 e. The number of allylic oxidation sites excluding steroid dienone is 2. The summed E-state index contributed by atoms with van der Waals surface area (Å²) in [6.45, 7) is 6.44. The summed E-state index contributed by atoms with van der Waals surface area (Å²) in [7, 11) is 0. The number of thioether (sulfide) groups is 1. The van der Waals surface area contributed by atoms with Gasteiger partial charge in [-0.15, -0.1) is 0 Å². The fraction of sp³-hybridized carbons (Fsp3) is 0.381. The fourth-order valence-corrected chi connectivity index (χ4v) is 4.32. The summed E-state index contributed by atoms with van der Waals surface area (Å²) < 4.78 is 11.2. The summed E-state index contributed by atoms with van der Waals surface area (Å²) >= 11 is 1.22. The first-order valence-electron chi connectivity index (χ1n) is 9.64. The molecule has 2 aliphatic rings. The predicted molar refractivity (Wildman–Crippen MR) is 113 cm³/mol. The number of nitrogens with two attached hydrogens (primary N) is 1. The third-order valence-electron chi connectivity index (χ3n) is 4.56. The molecule has 0 spiro atoms. The van der Waals surface area contributed by atoms with Crippen LogP contribution in [0.3, 0.4) is 0 Å². The average Bonchev–Trinajstić information content (AvgIpc) is 3.03. The highest BCUT2D eigenvalue weighted by atomic mass is 32.2. The van der Waals surface area contributed by atoms with E-state index in [2.05, 4.69) is 11.1 Å². The Hall–Kier alpha value is -2.92. The van der Waals surface area contributed by atoms with Crippen molar-refractivity contribution in [2.24, 2.45) is 10.7 Å². The monoisotopic (exact) mass is 412 g/mol. The first kappa shape index (κ1) is 20.8. The van der Waals surface area contributed by atoms with E-state index in [0.717, 1.165) is 12.0 Å². The summed E-state index contributed by atoms with van der Waals surface area (Å²) in [5.41, 5.74) is 8.19. The van der Waals surface area contributed by atoms with Gasteiger partial charge in [-0.25, -0.2) is 9.79 Å². The molecule has 152 valence electrons. The second kappa shape index (κ2) is 9.05. The van der Waals surface area contributed by atoms with E-state index in [1.807, 2.05) is 38.1 Å². The van der Waals surface area contributed by atoms with Gasteiger partial charge in [0.05, 0.1) is 24.5 Å². The van der Waals surface area contributed by atoms with Gasteiger partial charge in [0.25, 0.3) is 0 Å². The van der Waals surface area contributed by atoms with Crippen molar-refractivity contribution in [1.29, 1.82) is 5.26 Å². The largest absolute Gasteiger partial charge is 0.494 e. The lowest BCUT2D eigenvalue weighted by molar-refractivity contribution is -0.139. The number of hydrogen-bond acceptors (Lipinski definition) is 8. The number of carbonyl (C=O) groups excluding carboxylic acids is 1. The summed E-state index contributed by atoms with van der Waals surface area (Å²) in [6.07, 6.45) is 1.43. The second-order valence-corrected chi connectivity index (χ2v) is 7.37. The maximum absolute atomic E-state index is 13.0. The third-order valence-corrected chi connectivity index (χ3v) is 5.54. The Morgan fingerprint density at radius 3 is 2.72 bits per heavy atom. The van der Waals surface area contributed by atoms with Gasteiger partial charge in [-0.3, -0.25) is 4.90 Å². The molecule has 0 unspecified atom stereocenters. The van der Waals surface area contributed by atoms with Crippen molar-refractivity contribution in [2.45, 2.75) is 39.7 Å². The minimum absolute atomic E-state index is 0.252. The summed E-state index contributed by atoms with van der Waals surface area (Å²) in [4.78, 5) is 19.8. The number of benzene rings is 1. The van der Waals surface area contributed by atoms with Gasteiger partial charge >= 0.3 is 5.97 Å². The highest BCUT2D eigenvalue weighted by Crippen LogP contribution is 2.48. The van der Waals surface area contributed by atoms with E-state index < -0.39 is 12.0 Å². The number of aliphatic imine (C=N–C) groups is 1. The quantitative estimate of drug-likeness (QED) is 0.680. The third kappa shape index (κ3) is 3.83. The van der Waals surface area contributed by atoms with Crippen LogP contribution in [0.25, 0.3) is 0 Å². The molecule has 29 heavy (non-hydrogen) atoms. The molecule has 2 aliphatic heterocycles. The molecule has 1 atom stereocenters. The van der Waals surface area contributed by atoms with Gasteiger partial charge in [0.1, 0.15) is 28.6 Å². The minimum atomic E-state index is -0.579. The molecule has 0 amide bonds. The first-order valence-corrected chi connectivity index (χ1v) is 10.5. The van der Waals surface area contributed by atoms with Crippen LogP contribution in [0.1, 0.15) is 45.2 Å². The zero-order valence-electron chi connectivity index (χ0n) is 16.8. The van der Waals surface area contributed by atoms with E-state index in [1.54, 1.807) is 11.8 Å². The zero-order valence-corrected chi connectivity index (χ0v) is 17.6. The highest BCUT2D eigenvalue weighted by molar-refractivity contribution is 8.17. The number of nitrogens with zero attached hydrogens (tertiary/aromatic N) is 3. The molecule has 1 aromatic carbocycles. The van der Waals surface area contributed by atoms with Gasteiger partial charge in [-0.1, -0.05) is 31.5 Å². The molecule has 0 fully saturated rings. The van der Waals surface area contributed by atoms with Gasteiger partial charge in [-0.2, -0.15) is 5.26 Å². The summed E-state index contributed by atoms with van der Waals surface area (Å²) in [5.74, 6) is 0.505. The average molecular weight is 413 g/mol. The van der Waals surface area contributed by atoms with Crippen molar-refractivity contribution in [3.63, 3.8) is 0 Å². The molecule has 1 aromatic rings. The number of esters is 1. The number of hydrogen-bond donors (Lipinski definition) is 1. The molecule has 0 aliphatic carbocycles. The van der Waals surface area contributed by atoms with Gasteiger partial charge < -0.3 is 15.2 Å². The van der Waals surface area contributed by atoms with E-state index in [1.165, 1.54) is 11.8 Å². The van der Waals surface area contributed by atoms with Crippen molar-refractivity contribution in [1.82, 2.24) is 4.90 Å². The topological polar surface area (TPSA) is 101 Å². The Balaban J connectivity index is 2.26. The van der Waals surface area contributed by atoms with Crippen LogP contribution in [-0.2, 0) is 9.53 Å². The van der Waals surface area contributed by atoms with Crippen LogP contribution in [-0.4, -0.2) is 29.3 Å². The van der Waals surface area contributed by atoms with Crippen molar-refractivity contribution < 1.29 is 14.3 Å². The van der Waals surface area contributed by atoms with E-state index >= 15 is 0 Å². The molecule has 3 rings (SSSR count). The number of ether oxygens (including phenoxy) is 2. The SMILES string of the molecule is CCCC1=C(C(=O)OCC)[C@@H](c2ccccc2OCC)N2C(=N1)SC(C#N)=C2N. The van der Waals surface area contributed by atoms with Gasteiger partial charge in [0.15, 0.2) is 5.17 Å².